The van der Waals surface area contributed by atoms with Gasteiger partial charge in [-0.3, -0.25) is 4.79 Å². The average Bonchev–Trinajstić information content (AvgIpc) is 0.982. The van der Waals surface area contributed by atoms with Crippen molar-refractivity contribution in [1.29, 1.82) is 0 Å². The Labute approximate surface area is 521 Å². The molecule has 0 spiro atoms. The number of hydrogen-bond acceptors (Lipinski definition) is 14. The first-order valence-corrected chi connectivity index (χ1v) is 31.5. The van der Waals surface area contributed by atoms with E-state index in [2.05, 4.69) is 6.92 Å². The molecule has 3 aromatic carbocycles. The Kier molecular flexibility index (Phi) is 27.6. The summed E-state index contributed by atoms with van der Waals surface area (Å²) in [5.41, 5.74) is -12.2. The minimum Gasteiger partial charge on any atom is -0.462 e. The van der Waals surface area contributed by atoms with Crippen LogP contribution < -0.4 is 0 Å². The third-order valence-corrected chi connectivity index (χ3v) is 17.6. The standard InChI is InChI=1S/C67H87F9O14/c1-6-7-8-9-10-11-12-25-37-52(89-60(80)63(83-4,66(71,72)73)48-30-19-14-20-31-48)54-39-41-56(87-54)57-42-40-55(88-57)53(90-61(81)64(84-5,67(74,75)76)49-32-21-15-22-33-49)38-27-26-35-50(34-23-16-24-36-51-44-46(43-45(2)77)58(78)85-51)86-59(79)62(82-3,65(68,69)70)47-28-17-13-18-29-47/h13-15,17-22,28-33,46,50-57H,6-12,16,23-27,34-44H2,1-5H3/t46?,50-,51?,52-,53-,54-,55-,56-,57-,62-,63-,64-/m1/s1. The fraction of sp³-hybridized carbons (Fsp3) is 0.657. The molecule has 14 nitrogen and oxygen atoms in total. The van der Waals surface area contributed by atoms with Crippen LogP contribution in [0.25, 0.3) is 0 Å². The zero-order valence-corrected chi connectivity index (χ0v) is 51.9. The molecular formula is C67H87F9O14. The number of esters is 4. The third kappa shape index (κ3) is 18.1. The Balaban J connectivity index is 1.21. The second kappa shape index (κ2) is 33.8. The van der Waals surface area contributed by atoms with E-state index in [1.807, 2.05) is 0 Å². The van der Waals surface area contributed by atoms with Crippen LogP contribution >= 0.6 is 0 Å². The van der Waals surface area contributed by atoms with Gasteiger partial charge in [0.2, 0.25) is 0 Å². The molecule has 502 valence electrons. The lowest BCUT2D eigenvalue weighted by Crippen LogP contribution is -2.53. The fourth-order valence-electron chi connectivity index (χ4n) is 12.7. The molecule has 0 radical (unpaired) electrons. The van der Waals surface area contributed by atoms with Crippen LogP contribution in [0.15, 0.2) is 91.0 Å². The van der Waals surface area contributed by atoms with Crippen LogP contribution in [-0.2, 0) is 83.4 Å². The lowest BCUT2D eigenvalue weighted by Gasteiger charge is -2.35. The van der Waals surface area contributed by atoms with Crippen molar-refractivity contribution in [2.75, 3.05) is 21.3 Å². The Hall–Kier alpha value is -5.62. The number of methoxy groups -OCH3 is 3. The number of carbonyl (C=O) groups is 5. The van der Waals surface area contributed by atoms with Crippen molar-refractivity contribution in [2.45, 2.75) is 252 Å². The van der Waals surface area contributed by atoms with Crippen LogP contribution in [0.3, 0.4) is 0 Å². The van der Waals surface area contributed by atoms with E-state index >= 15 is 39.5 Å². The van der Waals surface area contributed by atoms with Gasteiger partial charge in [0.25, 0.3) is 16.8 Å². The molecule has 0 N–H and O–H groups in total. The van der Waals surface area contributed by atoms with Gasteiger partial charge in [-0.1, -0.05) is 149 Å². The van der Waals surface area contributed by atoms with E-state index in [0.717, 1.165) is 96.3 Å². The SMILES string of the molecule is CCCCCCCCCC[C@@H](OC(=O)[C@](OC)(c1ccccc1)C(F)(F)F)[C@H]1CC[C@H]([C@H]2CC[C@H]([C@@H](CCCC[C@@H](CCCCCC3CC(CC(C)=O)C(=O)O3)OC(=O)[C@](OC)(c3ccccc3)C(F)(F)F)OC(=O)[C@](OC)(c3ccccc3)C(F)(F)F)O2)O1. The normalized spacial score (nSPS) is 22.8. The molecule has 0 aliphatic carbocycles. The molecule has 6 rings (SSSR count). The molecule has 90 heavy (non-hydrogen) atoms. The molecule has 3 fully saturated rings. The third-order valence-electron chi connectivity index (χ3n) is 17.6. The Morgan fingerprint density at radius 2 is 0.844 bits per heavy atom. The zero-order chi connectivity index (χ0) is 65.8. The van der Waals surface area contributed by atoms with E-state index in [9.17, 15) is 24.0 Å². The molecule has 0 amide bonds. The van der Waals surface area contributed by atoms with Crippen LogP contribution in [0.5, 0.6) is 0 Å². The highest BCUT2D eigenvalue weighted by atomic mass is 19.4. The summed E-state index contributed by atoms with van der Waals surface area (Å²) in [5.74, 6) is -6.35. The van der Waals surface area contributed by atoms with Gasteiger partial charge in [0.05, 0.1) is 30.3 Å². The van der Waals surface area contributed by atoms with Gasteiger partial charge in [-0.25, -0.2) is 14.4 Å². The first-order chi connectivity index (χ1) is 42.8. The number of halogens is 9. The number of benzene rings is 3. The molecule has 23 heteroatoms. The number of ketones is 1. The molecule has 0 saturated carbocycles. The van der Waals surface area contributed by atoms with E-state index in [4.69, 9.17) is 42.6 Å². The summed E-state index contributed by atoms with van der Waals surface area (Å²) in [6.07, 6.45) is -13.1. The van der Waals surface area contributed by atoms with Crippen LogP contribution in [0.4, 0.5) is 39.5 Å². The largest absolute Gasteiger partial charge is 0.462 e. The quantitative estimate of drug-likeness (QED) is 0.0231. The lowest BCUT2D eigenvalue weighted by molar-refractivity contribution is -0.281. The summed E-state index contributed by atoms with van der Waals surface area (Å²) in [6.45, 7) is 3.49. The van der Waals surface area contributed by atoms with Gasteiger partial charge in [-0.2, -0.15) is 39.5 Å². The molecule has 12 atom stereocenters. The molecule has 3 aliphatic heterocycles. The lowest BCUT2D eigenvalue weighted by atomic mass is 9.92. The molecule has 0 aromatic heterocycles. The summed E-state index contributed by atoms with van der Waals surface area (Å²) in [6, 6.07) is 18.8. The number of Topliss-reactive ketones (excluding diaryl/α,β-unsaturated/α-hetero) is 1. The Bertz CT molecular complexity index is 2700. The number of cyclic esters (lactones) is 1. The van der Waals surface area contributed by atoms with Gasteiger partial charge < -0.3 is 47.4 Å². The number of alkyl halides is 9. The Morgan fingerprint density at radius 1 is 0.489 bits per heavy atom. The summed E-state index contributed by atoms with van der Waals surface area (Å²) >= 11 is 0. The minimum absolute atomic E-state index is 0.0490. The van der Waals surface area contributed by atoms with Crippen LogP contribution in [0.2, 0.25) is 0 Å². The van der Waals surface area contributed by atoms with Gasteiger partial charge in [0.1, 0.15) is 30.2 Å². The molecule has 2 unspecified atom stereocenters. The van der Waals surface area contributed by atoms with Gasteiger partial charge in [0, 0.05) is 44.4 Å². The van der Waals surface area contributed by atoms with Gasteiger partial charge >= 0.3 is 42.4 Å². The van der Waals surface area contributed by atoms with Gasteiger partial charge in [-0.15, -0.1) is 0 Å². The van der Waals surface area contributed by atoms with E-state index in [1.165, 1.54) is 61.5 Å². The number of ether oxygens (including phenoxy) is 9. The number of rotatable bonds is 37. The molecule has 3 aliphatic rings. The van der Waals surface area contributed by atoms with E-state index in [1.54, 1.807) is 0 Å². The van der Waals surface area contributed by atoms with Crippen LogP contribution in [-0.4, -0.2) is 118 Å². The maximum atomic E-state index is 15.4. The number of carbonyl (C=O) groups excluding carboxylic acids is 5. The highest BCUT2D eigenvalue weighted by molar-refractivity contribution is 5.85. The van der Waals surface area contributed by atoms with Crippen molar-refractivity contribution in [3.63, 3.8) is 0 Å². The smallest absolute Gasteiger partial charge is 0.432 e. The van der Waals surface area contributed by atoms with Gasteiger partial charge in [-0.05, 0) is 103 Å². The maximum Gasteiger partial charge on any atom is 0.432 e. The van der Waals surface area contributed by atoms with E-state index < -0.39 is 131 Å². The highest BCUT2D eigenvalue weighted by Gasteiger charge is 2.67. The summed E-state index contributed by atoms with van der Waals surface area (Å²) in [7, 11) is 2.24. The summed E-state index contributed by atoms with van der Waals surface area (Å²) in [5, 5.41) is 0. The highest BCUT2D eigenvalue weighted by Crippen LogP contribution is 2.48. The van der Waals surface area contributed by atoms with Crippen molar-refractivity contribution in [1.82, 2.24) is 0 Å². The summed E-state index contributed by atoms with van der Waals surface area (Å²) < 4.78 is 188. The zero-order valence-electron chi connectivity index (χ0n) is 51.9. The van der Waals surface area contributed by atoms with Crippen molar-refractivity contribution in [3.05, 3.63) is 108 Å². The molecule has 3 aromatic rings. The second-order valence-corrected chi connectivity index (χ2v) is 23.8. The van der Waals surface area contributed by atoms with Crippen molar-refractivity contribution in [3.8, 4) is 0 Å². The molecule has 0 bridgehead atoms. The summed E-state index contributed by atoms with van der Waals surface area (Å²) in [4.78, 5) is 66.5. The van der Waals surface area contributed by atoms with E-state index in [0.29, 0.717) is 44.9 Å². The van der Waals surface area contributed by atoms with Gasteiger partial charge in [0.15, 0.2) is 0 Å². The topological polar surface area (TPSA) is 168 Å². The first kappa shape index (κ1) is 73.4. The predicted molar refractivity (Wildman–Crippen MR) is 311 cm³/mol. The predicted octanol–water partition coefficient (Wildman–Crippen LogP) is 15.1. The first-order valence-electron chi connectivity index (χ1n) is 31.5. The number of unbranched alkanes of at least 4 members (excludes halogenated alkanes) is 10. The molecule has 3 saturated heterocycles. The van der Waals surface area contributed by atoms with E-state index in [-0.39, 0.29) is 76.4 Å². The van der Waals surface area contributed by atoms with Crippen molar-refractivity contribution in [2.24, 2.45) is 5.92 Å². The van der Waals surface area contributed by atoms with Crippen molar-refractivity contribution < 1.29 is 106 Å². The minimum atomic E-state index is -5.36. The molecule has 3 heterocycles. The molecular weight excluding hydrogens is 1200 g/mol. The van der Waals surface area contributed by atoms with Crippen molar-refractivity contribution >= 4 is 29.7 Å². The second-order valence-electron chi connectivity index (χ2n) is 23.8. The fourth-order valence-corrected chi connectivity index (χ4v) is 12.7. The van der Waals surface area contributed by atoms with Crippen LogP contribution in [0.1, 0.15) is 185 Å². The monoisotopic (exact) mass is 1290 g/mol. The van der Waals surface area contributed by atoms with Crippen LogP contribution in [0, 0.1) is 5.92 Å². The average molecular weight is 1290 g/mol. The Morgan fingerprint density at radius 3 is 1.23 bits per heavy atom. The number of hydrogen-bond donors (Lipinski definition) is 0. The maximum absolute atomic E-state index is 15.4.